The van der Waals surface area contributed by atoms with E-state index in [0.717, 1.165) is 13.8 Å². The van der Waals surface area contributed by atoms with Crippen molar-refractivity contribution in [3.8, 4) is 5.69 Å². The van der Waals surface area contributed by atoms with Crippen LogP contribution in [0.15, 0.2) is 45.3 Å². The molecule has 1 heterocycles. The molecule has 0 aliphatic carbocycles. The number of aromatic nitrogens is 3. The molecular weight excluding hydrogens is 397 g/mol. The Hall–Kier alpha value is -1.11. The SMILES string of the molecule is [O-][n+]1c2ccc(Cl)cc2nn1-c1ccc(Br)cc1Br. The number of hydrogen-bond acceptors (Lipinski definition) is 2. The highest BCUT2D eigenvalue weighted by Gasteiger charge is 2.18. The second-order valence-corrected chi connectivity index (χ2v) is 6.10. The maximum atomic E-state index is 12.2. The first kappa shape index (κ1) is 12.9. The van der Waals surface area contributed by atoms with Gasteiger partial charge in [0.05, 0.1) is 9.57 Å². The Balaban J connectivity index is 2.27. The molecule has 0 fully saturated rings. The molecule has 0 aliphatic heterocycles. The lowest BCUT2D eigenvalue weighted by atomic mass is 10.3. The number of benzene rings is 2. The van der Waals surface area contributed by atoms with E-state index in [1.807, 2.05) is 12.1 Å². The average molecular weight is 403 g/mol. The monoisotopic (exact) mass is 401 g/mol. The first-order valence-corrected chi connectivity index (χ1v) is 7.26. The zero-order valence-electron chi connectivity index (χ0n) is 9.35. The third kappa shape index (κ3) is 2.24. The van der Waals surface area contributed by atoms with Crippen LogP contribution in [0.1, 0.15) is 0 Å². The molecule has 0 atom stereocenters. The van der Waals surface area contributed by atoms with Crippen LogP contribution in [0.25, 0.3) is 16.7 Å². The number of halogens is 3. The Morgan fingerprint density at radius 1 is 1.16 bits per heavy atom. The van der Waals surface area contributed by atoms with Crippen molar-refractivity contribution in [3.05, 3.63) is 55.6 Å². The molecule has 96 valence electrons. The molecule has 0 saturated heterocycles. The van der Waals surface area contributed by atoms with Crippen molar-refractivity contribution >= 4 is 54.5 Å². The second-order valence-electron chi connectivity index (χ2n) is 3.89. The molecule has 0 aliphatic rings. The first-order valence-electron chi connectivity index (χ1n) is 5.30. The van der Waals surface area contributed by atoms with Gasteiger partial charge in [-0.25, -0.2) is 0 Å². The lowest BCUT2D eigenvalue weighted by molar-refractivity contribution is -0.664. The van der Waals surface area contributed by atoms with Gasteiger partial charge >= 0.3 is 0 Å². The highest BCUT2D eigenvalue weighted by Crippen LogP contribution is 2.25. The van der Waals surface area contributed by atoms with E-state index >= 15 is 0 Å². The molecule has 0 spiro atoms. The standard InChI is InChI=1S/C12H6Br2ClN3O/c13-7-1-3-11(9(14)5-7)17-16-10-6-8(15)2-4-12(10)18(17)19/h1-6H. The summed E-state index contributed by atoms with van der Waals surface area (Å²) < 4.78 is 1.69. The molecule has 3 rings (SSSR count). The van der Waals surface area contributed by atoms with Crippen molar-refractivity contribution in [2.75, 3.05) is 0 Å². The highest BCUT2D eigenvalue weighted by atomic mass is 79.9. The summed E-state index contributed by atoms with van der Waals surface area (Å²) in [5.74, 6) is 0. The molecule has 4 nitrogen and oxygen atoms in total. The van der Waals surface area contributed by atoms with Gasteiger partial charge in [0.15, 0.2) is 0 Å². The minimum atomic E-state index is 0.471. The Morgan fingerprint density at radius 3 is 2.68 bits per heavy atom. The largest absolute Gasteiger partial charge is 0.692 e. The summed E-state index contributed by atoms with van der Waals surface area (Å²) in [7, 11) is 0. The summed E-state index contributed by atoms with van der Waals surface area (Å²) in [4.78, 5) is 2.02. The van der Waals surface area contributed by atoms with E-state index in [9.17, 15) is 5.21 Å². The van der Waals surface area contributed by atoms with Gasteiger partial charge < -0.3 is 5.21 Å². The molecule has 2 aromatic carbocycles. The van der Waals surface area contributed by atoms with Gasteiger partial charge in [-0.2, -0.15) is 0 Å². The first-order chi connectivity index (χ1) is 9.06. The predicted molar refractivity (Wildman–Crippen MR) is 80.4 cm³/mol. The van der Waals surface area contributed by atoms with E-state index in [-0.39, 0.29) is 0 Å². The van der Waals surface area contributed by atoms with E-state index in [4.69, 9.17) is 11.6 Å². The fourth-order valence-corrected chi connectivity index (χ4v) is 3.15. The van der Waals surface area contributed by atoms with Crippen molar-refractivity contribution in [2.24, 2.45) is 0 Å². The van der Waals surface area contributed by atoms with E-state index in [0.29, 0.717) is 21.7 Å². The van der Waals surface area contributed by atoms with Crippen molar-refractivity contribution in [2.45, 2.75) is 0 Å². The van der Waals surface area contributed by atoms with Gasteiger partial charge in [-0.05, 0) is 51.1 Å². The lowest BCUT2D eigenvalue weighted by Gasteiger charge is -2.05. The van der Waals surface area contributed by atoms with E-state index in [1.54, 1.807) is 24.3 Å². The molecule has 0 saturated carbocycles. The third-order valence-electron chi connectivity index (χ3n) is 2.64. The number of rotatable bonds is 1. The van der Waals surface area contributed by atoms with Crippen molar-refractivity contribution in [1.82, 2.24) is 9.90 Å². The van der Waals surface area contributed by atoms with Gasteiger partial charge in [-0.3, -0.25) is 0 Å². The van der Waals surface area contributed by atoms with Crippen LogP contribution in [0.3, 0.4) is 0 Å². The van der Waals surface area contributed by atoms with Crippen LogP contribution in [0.4, 0.5) is 0 Å². The molecule has 0 unspecified atom stereocenters. The van der Waals surface area contributed by atoms with Crippen LogP contribution in [0.5, 0.6) is 0 Å². The third-order valence-corrected chi connectivity index (χ3v) is 4.01. The van der Waals surface area contributed by atoms with Gasteiger partial charge in [0, 0.05) is 15.6 Å². The minimum absolute atomic E-state index is 0.471. The van der Waals surface area contributed by atoms with Gasteiger partial charge in [0.25, 0.3) is 5.52 Å². The molecule has 0 N–H and O–H groups in total. The fraction of sp³-hybridized carbons (Fsp3) is 0. The van der Waals surface area contributed by atoms with Crippen molar-refractivity contribution < 1.29 is 4.85 Å². The van der Waals surface area contributed by atoms with E-state index in [2.05, 4.69) is 37.0 Å². The second kappa shape index (κ2) is 4.77. The smallest absolute Gasteiger partial charge is 0.251 e. The van der Waals surface area contributed by atoms with E-state index < -0.39 is 0 Å². The van der Waals surface area contributed by atoms with Crippen LogP contribution in [-0.4, -0.2) is 9.90 Å². The summed E-state index contributed by atoms with van der Waals surface area (Å²) in [6, 6.07) is 10.5. The van der Waals surface area contributed by atoms with E-state index in [1.165, 1.54) is 4.80 Å². The fourth-order valence-electron chi connectivity index (χ4n) is 1.78. The van der Waals surface area contributed by atoms with Crippen molar-refractivity contribution in [1.29, 1.82) is 0 Å². The van der Waals surface area contributed by atoms with Crippen LogP contribution < -0.4 is 4.85 Å². The summed E-state index contributed by atoms with van der Waals surface area (Å²) in [5.41, 5.74) is 1.68. The van der Waals surface area contributed by atoms with Gasteiger partial charge in [0.1, 0.15) is 5.69 Å². The average Bonchev–Trinajstić information content (AvgIpc) is 2.66. The Kier molecular flexibility index (Phi) is 3.24. The topological polar surface area (TPSA) is 44.8 Å². The Morgan fingerprint density at radius 2 is 1.95 bits per heavy atom. The normalized spacial score (nSPS) is 11.1. The number of hydrogen-bond donors (Lipinski definition) is 0. The maximum absolute atomic E-state index is 12.2. The molecule has 0 bridgehead atoms. The molecule has 0 radical (unpaired) electrons. The quantitative estimate of drug-likeness (QED) is 0.458. The Labute approximate surface area is 130 Å². The summed E-state index contributed by atoms with van der Waals surface area (Å²) >= 11 is 12.7. The zero-order valence-corrected chi connectivity index (χ0v) is 13.3. The van der Waals surface area contributed by atoms with Gasteiger partial charge in [-0.1, -0.05) is 27.5 Å². The molecule has 7 heteroatoms. The minimum Gasteiger partial charge on any atom is -0.692 e. The maximum Gasteiger partial charge on any atom is 0.251 e. The molecule has 1 aromatic heterocycles. The Bertz CT molecular complexity index is 788. The molecule has 0 amide bonds. The summed E-state index contributed by atoms with van der Waals surface area (Å²) in [5, 5.41) is 17.0. The molecule has 19 heavy (non-hydrogen) atoms. The van der Waals surface area contributed by atoms with Crippen LogP contribution in [0, 0.1) is 5.21 Å². The van der Waals surface area contributed by atoms with Crippen LogP contribution >= 0.6 is 43.5 Å². The highest BCUT2D eigenvalue weighted by molar-refractivity contribution is 9.11. The van der Waals surface area contributed by atoms with Gasteiger partial charge in [-0.15, -0.1) is 4.85 Å². The van der Waals surface area contributed by atoms with Crippen molar-refractivity contribution in [3.63, 3.8) is 0 Å². The zero-order chi connectivity index (χ0) is 13.6. The number of nitrogens with zero attached hydrogens (tertiary/aromatic N) is 3. The number of fused-ring (bicyclic) bond motifs is 1. The summed E-state index contributed by atoms with van der Waals surface area (Å²) in [6.45, 7) is 0. The summed E-state index contributed by atoms with van der Waals surface area (Å²) in [6.07, 6.45) is 0. The molecular formula is C12H6Br2ClN3O. The van der Waals surface area contributed by atoms with Crippen LogP contribution in [0.2, 0.25) is 5.02 Å². The lowest BCUT2D eigenvalue weighted by Crippen LogP contribution is -2.37. The molecule has 3 aromatic rings. The predicted octanol–water partition coefficient (Wildman–Crippen LogP) is 3.84. The van der Waals surface area contributed by atoms with Gasteiger partial charge in [0.2, 0.25) is 5.52 Å². The van der Waals surface area contributed by atoms with Crippen LogP contribution in [-0.2, 0) is 0 Å².